The third kappa shape index (κ3) is 3.06. The molecule has 0 amide bonds. The molecule has 1 spiro atoms. The first-order valence-corrected chi connectivity index (χ1v) is 9.10. The van der Waals surface area contributed by atoms with Crippen LogP contribution in [-0.2, 0) is 9.53 Å². The average Bonchev–Trinajstić information content (AvgIpc) is 2.63. The Hall–Kier alpha value is -0.370. The SMILES string of the molecule is CC1CC(OC2CC(=O)C23CCCCCC3)CC(C)(C)C1. The van der Waals surface area contributed by atoms with Gasteiger partial charge in [0.1, 0.15) is 5.78 Å². The van der Waals surface area contributed by atoms with Gasteiger partial charge in [0.2, 0.25) is 0 Å². The maximum Gasteiger partial charge on any atom is 0.144 e. The molecule has 0 aromatic rings. The maximum absolute atomic E-state index is 12.3. The van der Waals surface area contributed by atoms with E-state index in [1.165, 1.54) is 38.5 Å². The third-order valence-corrected chi connectivity index (χ3v) is 6.24. The van der Waals surface area contributed by atoms with E-state index in [4.69, 9.17) is 4.74 Å². The Morgan fingerprint density at radius 3 is 2.29 bits per heavy atom. The number of hydrogen-bond donors (Lipinski definition) is 0. The van der Waals surface area contributed by atoms with Crippen molar-refractivity contribution in [1.82, 2.24) is 0 Å². The molecular formula is C19H32O2. The van der Waals surface area contributed by atoms with Gasteiger partial charge in [0, 0.05) is 6.42 Å². The van der Waals surface area contributed by atoms with Gasteiger partial charge in [-0.1, -0.05) is 46.5 Å². The standard InChI is InChI=1S/C19H32O2/c1-14-10-15(13-18(2,3)12-14)21-17-11-16(20)19(17)8-6-4-5-7-9-19/h14-15,17H,4-13H2,1-3H3. The fourth-order valence-electron chi connectivity index (χ4n) is 5.35. The van der Waals surface area contributed by atoms with Gasteiger partial charge in [-0.25, -0.2) is 0 Å². The number of hydrogen-bond acceptors (Lipinski definition) is 2. The van der Waals surface area contributed by atoms with Crippen LogP contribution in [0.1, 0.15) is 85.0 Å². The molecule has 0 saturated heterocycles. The van der Waals surface area contributed by atoms with Crippen LogP contribution in [0, 0.1) is 16.7 Å². The van der Waals surface area contributed by atoms with Crippen molar-refractivity contribution in [2.75, 3.05) is 0 Å². The topological polar surface area (TPSA) is 26.3 Å². The van der Waals surface area contributed by atoms with Gasteiger partial charge in [0.25, 0.3) is 0 Å². The predicted octanol–water partition coefficient (Wildman–Crippen LogP) is 4.90. The van der Waals surface area contributed by atoms with Crippen LogP contribution in [0.25, 0.3) is 0 Å². The highest BCUT2D eigenvalue weighted by Crippen LogP contribution is 2.51. The summed E-state index contributed by atoms with van der Waals surface area (Å²) in [6.07, 6.45) is 12.2. The van der Waals surface area contributed by atoms with E-state index < -0.39 is 0 Å². The molecule has 2 nitrogen and oxygen atoms in total. The molecule has 3 atom stereocenters. The fourth-order valence-corrected chi connectivity index (χ4v) is 5.35. The van der Waals surface area contributed by atoms with Crippen LogP contribution in [0.5, 0.6) is 0 Å². The molecule has 3 aliphatic carbocycles. The molecule has 3 aliphatic rings. The molecule has 21 heavy (non-hydrogen) atoms. The zero-order chi connectivity index (χ0) is 15.1. The van der Waals surface area contributed by atoms with Gasteiger partial charge in [0.05, 0.1) is 17.6 Å². The molecule has 0 aromatic carbocycles. The summed E-state index contributed by atoms with van der Waals surface area (Å²) >= 11 is 0. The lowest BCUT2D eigenvalue weighted by Gasteiger charge is -2.50. The number of ether oxygens (including phenoxy) is 1. The van der Waals surface area contributed by atoms with Crippen molar-refractivity contribution in [2.24, 2.45) is 16.7 Å². The molecule has 2 heteroatoms. The Bertz CT molecular complexity index is 390. The van der Waals surface area contributed by atoms with Gasteiger partial charge < -0.3 is 4.74 Å². The lowest BCUT2D eigenvalue weighted by Crippen LogP contribution is -2.56. The van der Waals surface area contributed by atoms with E-state index in [1.807, 2.05) is 0 Å². The molecule has 0 aromatic heterocycles. The summed E-state index contributed by atoms with van der Waals surface area (Å²) in [5.74, 6) is 1.25. The van der Waals surface area contributed by atoms with Gasteiger partial charge >= 0.3 is 0 Å². The molecular weight excluding hydrogens is 260 g/mol. The molecule has 3 saturated carbocycles. The summed E-state index contributed by atoms with van der Waals surface area (Å²) in [6.45, 7) is 7.09. The quantitative estimate of drug-likeness (QED) is 0.723. The van der Waals surface area contributed by atoms with Crippen molar-refractivity contribution in [1.29, 1.82) is 0 Å². The van der Waals surface area contributed by atoms with E-state index in [0.717, 1.165) is 25.2 Å². The number of rotatable bonds is 2. The van der Waals surface area contributed by atoms with Crippen LogP contribution >= 0.6 is 0 Å². The van der Waals surface area contributed by atoms with Gasteiger partial charge in [-0.2, -0.15) is 0 Å². The molecule has 0 N–H and O–H groups in total. The fraction of sp³-hybridized carbons (Fsp3) is 0.947. The first kappa shape index (κ1) is 15.5. The predicted molar refractivity (Wildman–Crippen MR) is 85.2 cm³/mol. The zero-order valence-electron chi connectivity index (χ0n) is 14.1. The third-order valence-electron chi connectivity index (χ3n) is 6.24. The minimum absolute atomic E-state index is 0.0820. The van der Waals surface area contributed by atoms with Crippen molar-refractivity contribution in [3.05, 3.63) is 0 Å². The van der Waals surface area contributed by atoms with Crippen molar-refractivity contribution in [2.45, 2.75) is 97.2 Å². The van der Waals surface area contributed by atoms with E-state index in [-0.39, 0.29) is 11.5 Å². The van der Waals surface area contributed by atoms with E-state index >= 15 is 0 Å². The van der Waals surface area contributed by atoms with Crippen LogP contribution in [0.2, 0.25) is 0 Å². The summed E-state index contributed by atoms with van der Waals surface area (Å²) in [5.41, 5.74) is 0.314. The van der Waals surface area contributed by atoms with Crippen molar-refractivity contribution in [3.8, 4) is 0 Å². The smallest absolute Gasteiger partial charge is 0.144 e. The molecule has 120 valence electrons. The van der Waals surface area contributed by atoms with E-state index in [9.17, 15) is 4.79 Å². The Kier molecular flexibility index (Phi) is 4.20. The monoisotopic (exact) mass is 292 g/mol. The second kappa shape index (κ2) is 5.68. The Morgan fingerprint density at radius 2 is 1.71 bits per heavy atom. The van der Waals surface area contributed by atoms with Crippen molar-refractivity contribution in [3.63, 3.8) is 0 Å². The highest BCUT2D eigenvalue weighted by Gasteiger charge is 2.55. The van der Waals surface area contributed by atoms with Gasteiger partial charge in [-0.3, -0.25) is 4.79 Å². The maximum atomic E-state index is 12.3. The van der Waals surface area contributed by atoms with Gasteiger partial charge in [0.15, 0.2) is 0 Å². The van der Waals surface area contributed by atoms with E-state index in [1.54, 1.807) is 0 Å². The summed E-state index contributed by atoms with van der Waals surface area (Å²) in [4.78, 5) is 12.3. The Labute approximate surface area is 130 Å². The molecule has 3 unspecified atom stereocenters. The summed E-state index contributed by atoms with van der Waals surface area (Å²) in [5, 5.41) is 0. The summed E-state index contributed by atoms with van der Waals surface area (Å²) in [6, 6.07) is 0. The number of Topliss-reactive ketones (excluding diaryl/α,β-unsaturated/α-hetero) is 1. The molecule has 0 aliphatic heterocycles. The first-order valence-electron chi connectivity index (χ1n) is 9.10. The van der Waals surface area contributed by atoms with Gasteiger partial charge in [-0.15, -0.1) is 0 Å². The molecule has 0 heterocycles. The zero-order valence-corrected chi connectivity index (χ0v) is 14.1. The van der Waals surface area contributed by atoms with Crippen LogP contribution in [0.3, 0.4) is 0 Å². The Balaban J connectivity index is 1.65. The van der Waals surface area contributed by atoms with Gasteiger partial charge in [-0.05, 0) is 43.4 Å². The second-order valence-electron chi connectivity index (χ2n) is 8.86. The molecule has 3 fully saturated rings. The number of ketones is 1. The number of carbonyl (C=O) groups is 1. The number of carbonyl (C=O) groups excluding carboxylic acids is 1. The minimum Gasteiger partial charge on any atom is -0.373 e. The lowest BCUT2D eigenvalue weighted by molar-refractivity contribution is -0.181. The minimum atomic E-state index is -0.0820. The highest BCUT2D eigenvalue weighted by atomic mass is 16.5. The summed E-state index contributed by atoms with van der Waals surface area (Å²) in [7, 11) is 0. The van der Waals surface area contributed by atoms with E-state index in [2.05, 4.69) is 20.8 Å². The van der Waals surface area contributed by atoms with Crippen molar-refractivity contribution < 1.29 is 9.53 Å². The average molecular weight is 292 g/mol. The van der Waals surface area contributed by atoms with Crippen molar-refractivity contribution >= 4 is 5.78 Å². The van der Waals surface area contributed by atoms with Crippen LogP contribution < -0.4 is 0 Å². The normalized spacial score (nSPS) is 38.8. The van der Waals surface area contributed by atoms with Crippen LogP contribution in [0.4, 0.5) is 0 Å². The van der Waals surface area contributed by atoms with E-state index in [0.29, 0.717) is 23.7 Å². The lowest BCUT2D eigenvalue weighted by atomic mass is 9.60. The van der Waals surface area contributed by atoms with Crippen LogP contribution in [0.15, 0.2) is 0 Å². The largest absolute Gasteiger partial charge is 0.373 e. The second-order valence-corrected chi connectivity index (χ2v) is 8.86. The highest BCUT2D eigenvalue weighted by molar-refractivity contribution is 5.92. The molecule has 0 bridgehead atoms. The molecule has 0 radical (unpaired) electrons. The first-order chi connectivity index (χ1) is 9.91. The summed E-state index contributed by atoms with van der Waals surface area (Å²) < 4.78 is 6.53. The van der Waals surface area contributed by atoms with Crippen LogP contribution in [-0.4, -0.2) is 18.0 Å². The molecule has 3 rings (SSSR count). The Morgan fingerprint density at radius 1 is 1.05 bits per heavy atom.